The number of halogens is 1. The molecule has 0 unspecified atom stereocenters. The third-order valence-electron chi connectivity index (χ3n) is 5.96. The lowest BCUT2D eigenvalue weighted by Gasteiger charge is -2.33. The van der Waals surface area contributed by atoms with Gasteiger partial charge in [0.05, 0.1) is 18.6 Å². The third kappa shape index (κ3) is 4.27. The van der Waals surface area contributed by atoms with Crippen LogP contribution in [0.1, 0.15) is 5.82 Å². The van der Waals surface area contributed by atoms with Crippen molar-refractivity contribution in [1.29, 1.82) is 0 Å². The van der Waals surface area contributed by atoms with Gasteiger partial charge in [0.2, 0.25) is 10.0 Å². The number of nitrogens with zero attached hydrogens (tertiary/aromatic N) is 5. The number of benzene rings is 2. The second kappa shape index (κ2) is 9.13. The minimum Gasteiger partial charge on any atom is -0.497 e. The van der Waals surface area contributed by atoms with Crippen molar-refractivity contribution >= 4 is 21.2 Å². The Kier molecular flexibility index (Phi) is 6.03. The monoisotopic (exact) mass is 481 g/mol. The van der Waals surface area contributed by atoms with E-state index in [0.717, 1.165) is 28.4 Å². The lowest BCUT2D eigenvalue weighted by Crippen LogP contribution is -2.48. The summed E-state index contributed by atoms with van der Waals surface area (Å²) in [7, 11) is -2.03. The fourth-order valence-corrected chi connectivity index (χ4v) is 5.57. The van der Waals surface area contributed by atoms with Gasteiger partial charge in [-0.25, -0.2) is 22.8 Å². The van der Waals surface area contributed by atoms with Crippen molar-refractivity contribution in [3.8, 4) is 11.4 Å². The zero-order valence-corrected chi connectivity index (χ0v) is 19.4. The van der Waals surface area contributed by atoms with E-state index in [4.69, 9.17) is 9.72 Å². The molecule has 0 spiro atoms. The largest absolute Gasteiger partial charge is 0.497 e. The molecule has 4 aromatic rings. The van der Waals surface area contributed by atoms with Crippen LogP contribution in [0.2, 0.25) is 0 Å². The number of rotatable bonds is 6. The first-order valence-corrected chi connectivity index (χ1v) is 12.3. The molecule has 10 heteroatoms. The second-order valence-electron chi connectivity index (χ2n) is 8.04. The van der Waals surface area contributed by atoms with E-state index in [1.807, 2.05) is 41.0 Å². The van der Waals surface area contributed by atoms with Gasteiger partial charge < -0.3 is 4.74 Å². The number of hydrogen-bond acceptors (Lipinski definition) is 6. The van der Waals surface area contributed by atoms with Crippen molar-refractivity contribution in [2.24, 2.45) is 0 Å². The van der Waals surface area contributed by atoms with Crippen LogP contribution in [-0.4, -0.2) is 65.4 Å². The molecule has 1 saturated heterocycles. The van der Waals surface area contributed by atoms with Gasteiger partial charge in [0.25, 0.3) is 0 Å². The van der Waals surface area contributed by atoms with E-state index in [-0.39, 0.29) is 4.90 Å². The van der Waals surface area contributed by atoms with Crippen LogP contribution in [0.15, 0.2) is 71.8 Å². The van der Waals surface area contributed by atoms with Gasteiger partial charge in [-0.2, -0.15) is 4.31 Å². The Hall–Kier alpha value is -3.34. The second-order valence-corrected chi connectivity index (χ2v) is 9.98. The SMILES string of the molecule is COc1ccc(-n2c(CN3CCN(S(=O)(=O)c4ccc(F)cc4)CC3)nc3cccnc32)cc1. The molecule has 176 valence electrons. The van der Waals surface area contributed by atoms with E-state index in [1.54, 1.807) is 13.3 Å². The summed E-state index contributed by atoms with van der Waals surface area (Å²) in [6.07, 6.45) is 1.74. The first-order valence-electron chi connectivity index (χ1n) is 10.9. The summed E-state index contributed by atoms with van der Waals surface area (Å²) < 4.78 is 47.8. The topological polar surface area (TPSA) is 80.6 Å². The van der Waals surface area contributed by atoms with E-state index in [2.05, 4.69) is 9.88 Å². The van der Waals surface area contributed by atoms with Gasteiger partial charge in [0, 0.05) is 38.1 Å². The predicted molar refractivity (Wildman–Crippen MR) is 126 cm³/mol. The van der Waals surface area contributed by atoms with Crippen LogP contribution in [-0.2, 0) is 16.6 Å². The third-order valence-corrected chi connectivity index (χ3v) is 7.88. The van der Waals surface area contributed by atoms with Crippen molar-refractivity contribution in [2.75, 3.05) is 33.3 Å². The zero-order valence-electron chi connectivity index (χ0n) is 18.6. The number of imidazole rings is 1. The molecule has 0 amide bonds. The summed E-state index contributed by atoms with van der Waals surface area (Å²) in [6, 6.07) is 16.5. The minimum atomic E-state index is -3.66. The number of sulfonamides is 1. The average molecular weight is 482 g/mol. The lowest BCUT2D eigenvalue weighted by atomic mass is 10.3. The van der Waals surface area contributed by atoms with Crippen LogP contribution < -0.4 is 4.74 Å². The van der Waals surface area contributed by atoms with Crippen LogP contribution in [0.5, 0.6) is 5.75 Å². The molecule has 34 heavy (non-hydrogen) atoms. The van der Waals surface area contributed by atoms with Crippen LogP contribution in [0.25, 0.3) is 16.9 Å². The molecule has 0 bridgehead atoms. The summed E-state index contributed by atoms with van der Waals surface area (Å²) in [5.74, 6) is 1.13. The summed E-state index contributed by atoms with van der Waals surface area (Å²) in [6.45, 7) is 2.35. The maximum atomic E-state index is 13.2. The highest BCUT2D eigenvalue weighted by Gasteiger charge is 2.29. The molecule has 0 radical (unpaired) electrons. The van der Waals surface area contributed by atoms with Gasteiger partial charge in [0.1, 0.15) is 22.9 Å². The highest BCUT2D eigenvalue weighted by molar-refractivity contribution is 7.89. The first-order chi connectivity index (χ1) is 16.5. The van der Waals surface area contributed by atoms with E-state index in [1.165, 1.54) is 28.6 Å². The summed E-state index contributed by atoms with van der Waals surface area (Å²) in [5.41, 5.74) is 2.49. The van der Waals surface area contributed by atoms with Crippen molar-refractivity contribution in [1.82, 2.24) is 23.7 Å². The van der Waals surface area contributed by atoms with Gasteiger partial charge >= 0.3 is 0 Å². The molecule has 1 aliphatic heterocycles. The quantitative estimate of drug-likeness (QED) is 0.421. The van der Waals surface area contributed by atoms with E-state index >= 15 is 0 Å². The number of piperazine rings is 1. The maximum Gasteiger partial charge on any atom is 0.243 e. The Labute approximate surface area is 197 Å². The van der Waals surface area contributed by atoms with Crippen molar-refractivity contribution in [3.05, 3.63) is 78.5 Å². The first kappa shape index (κ1) is 22.5. The molecule has 0 atom stereocenters. The highest BCUT2D eigenvalue weighted by atomic mass is 32.2. The number of aromatic nitrogens is 3. The van der Waals surface area contributed by atoms with Crippen LogP contribution >= 0.6 is 0 Å². The smallest absolute Gasteiger partial charge is 0.243 e. The fourth-order valence-electron chi connectivity index (χ4n) is 4.15. The van der Waals surface area contributed by atoms with Crippen molar-refractivity contribution in [2.45, 2.75) is 11.4 Å². The molecule has 2 aromatic heterocycles. The van der Waals surface area contributed by atoms with E-state index in [9.17, 15) is 12.8 Å². The molecule has 5 rings (SSSR count). The number of methoxy groups -OCH3 is 1. The molecule has 1 aliphatic rings. The van der Waals surface area contributed by atoms with Gasteiger partial charge in [-0.3, -0.25) is 9.47 Å². The van der Waals surface area contributed by atoms with Gasteiger partial charge in [-0.1, -0.05) is 0 Å². The fraction of sp³-hybridized carbons (Fsp3) is 0.250. The summed E-state index contributed by atoms with van der Waals surface area (Å²) in [4.78, 5) is 11.6. The Balaban J connectivity index is 1.36. The molecule has 3 heterocycles. The van der Waals surface area contributed by atoms with E-state index in [0.29, 0.717) is 32.7 Å². The van der Waals surface area contributed by atoms with Crippen molar-refractivity contribution in [3.63, 3.8) is 0 Å². The normalized spacial score (nSPS) is 15.6. The van der Waals surface area contributed by atoms with E-state index < -0.39 is 15.8 Å². The van der Waals surface area contributed by atoms with Gasteiger partial charge in [-0.15, -0.1) is 0 Å². The number of hydrogen-bond donors (Lipinski definition) is 0. The van der Waals surface area contributed by atoms with Crippen LogP contribution in [0.4, 0.5) is 4.39 Å². The molecular formula is C24H24FN5O3S. The lowest BCUT2D eigenvalue weighted by molar-refractivity contribution is 0.177. The Morgan fingerprint density at radius 1 is 0.971 bits per heavy atom. The number of fused-ring (bicyclic) bond motifs is 1. The molecule has 8 nitrogen and oxygen atoms in total. The molecule has 2 aromatic carbocycles. The van der Waals surface area contributed by atoms with Crippen LogP contribution in [0.3, 0.4) is 0 Å². The molecule has 1 fully saturated rings. The average Bonchev–Trinajstić information content (AvgIpc) is 3.22. The van der Waals surface area contributed by atoms with Gasteiger partial charge in [0.15, 0.2) is 5.65 Å². The summed E-state index contributed by atoms with van der Waals surface area (Å²) in [5, 5.41) is 0. The number of pyridine rings is 1. The Bertz CT molecular complexity index is 1400. The van der Waals surface area contributed by atoms with Gasteiger partial charge in [-0.05, 0) is 60.7 Å². The Morgan fingerprint density at radius 3 is 2.35 bits per heavy atom. The highest BCUT2D eigenvalue weighted by Crippen LogP contribution is 2.24. The molecular weight excluding hydrogens is 457 g/mol. The standard InChI is InChI=1S/C24H24FN5O3S/c1-33-20-8-6-19(7-9-20)30-23(27-22-3-2-12-26-24(22)30)17-28-13-15-29(16-14-28)34(31,32)21-10-4-18(25)5-11-21/h2-12H,13-17H2,1H3. The number of ether oxygens (including phenoxy) is 1. The predicted octanol–water partition coefficient (Wildman–Crippen LogP) is 3.07. The maximum absolute atomic E-state index is 13.2. The van der Waals surface area contributed by atoms with Crippen LogP contribution in [0, 0.1) is 5.82 Å². The minimum absolute atomic E-state index is 0.106. The summed E-state index contributed by atoms with van der Waals surface area (Å²) >= 11 is 0. The molecule has 0 aliphatic carbocycles. The zero-order chi connectivity index (χ0) is 23.7. The van der Waals surface area contributed by atoms with Crippen molar-refractivity contribution < 1.29 is 17.5 Å². The molecule has 0 saturated carbocycles. The molecule has 0 N–H and O–H groups in total. The Morgan fingerprint density at radius 2 is 1.68 bits per heavy atom.